The summed E-state index contributed by atoms with van der Waals surface area (Å²) >= 11 is 0. The molecule has 2 aromatic carbocycles. The third-order valence-corrected chi connectivity index (χ3v) is 3.60. The summed E-state index contributed by atoms with van der Waals surface area (Å²) in [5.74, 6) is 0.615. The molecule has 0 aliphatic rings. The number of carbonyl (C=O) groups excluding carboxylic acids is 1. The molecule has 0 saturated heterocycles. The third-order valence-electron chi connectivity index (χ3n) is 3.60. The quantitative estimate of drug-likeness (QED) is 0.760. The molecule has 0 spiro atoms. The van der Waals surface area contributed by atoms with Gasteiger partial charge in [-0.1, -0.05) is 23.8 Å². The van der Waals surface area contributed by atoms with Crippen molar-refractivity contribution in [2.24, 2.45) is 0 Å². The van der Waals surface area contributed by atoms with Crippen LogP contribution in [0.5, 0.6) is 5.75 Å². The van der Waals surface area contributed by atoms with Gasteiger partial charge in [0.05, 0.1) is 12.1 Å². The summed E-state index contributed by atoms with van der Waals surface area (Å²) < 4.78 is 5.47. The normalized spacial score (nSPS) is 10.7. The number of amides is 1. The second kappa shape index (κ2) is 6.52. The van der Waals surface area contributed by atoms with Gasteiger partial charge >= 0.3 is 0 Å². The topological polar surface area (TPSA) is 67.0 Å². The van der Waals surface area contributed by atoms with Crippen LogP contribution in [0.2, 0.25) is 0 Å². The highest BCUT2D eigenvalue weighted by molar-refractivity contribution is 6.04. The molecule has 3 rings (SSSR count). The molecule has 1 heterocycles. The predicted octanol–water partition coefficient (Wildman–Crippen LogP) is 3.20. The van der Waals surface area contributed by atoms with Crippen molar-refractivity contribution in [1.29, 1.82) is 0 Å². The first kappa shape index (κ1) is 15.1. The lowest BCUT2D eigenvalue weighted by Gasteiger charge is -2.07. The molecular weight excluding hydrogens is 290 g/mol. The molecule has 0 fully saturated rings. The van der Waals surface area contributed by atoms with Crippen molar-refractivity contribution in [3.05, 3.63) is 59.3 Å². The van der Waals surface area contributed by atoms with Crippen LogP contribution in [-0.4, -0.2) is 22.7 Å². The zero-order valence-electron chi connectivity index (χ0n) is 13.2. The highest BCUT2D eigenvalue weighted by atomic mass is 16.5. The standard InChI is InChI=1S/C18H19N3O2/c1-3-23-14-6-4-5-13(10-14)11-19-18(22)17-15-9-12(2)7-8-16(15)20-21-17/h4-10H,3,11H2,1-2H3,(H,19,22)(H,20,21). The van der Waals surface area contributed by atoms with E-state index in [1.54, 1.807) is 0 Å². The number of nitrogens with one attached hydrogen (secondary N) is 2. The van der Waals surface area contributed by atoms with Gasteiger partial charge in [-0.3, -0.25) is 9.89 Å². The van der Waals surface area contributed by atoms with Gasteiger partial charge in [-0.2, -0.15) is 5.10 Å². The summed E-state index contributed by atoms with van der Waals surface area (Å²) in [6.07, 6.45) is 0. The number of H-pyrrole nitrogens is 1. The van der Waals surface area contributed by atoms with Crippen LogP contribution in [-0.2, 0) is 6.54 Å². The van der Waals surface area contributed by atoms with Crippen molar-refractivity contribution < 1.29 is 9.53 Å². The van der Waals surface area contributed by atoms with E-state index in [1.165, 1.54) is 0 Å². The van der Waals surface area contributed by atoms with Crippen molar-refractivity contribution in [1.82, 2.24) is 15.5 Å². The first-order valence-electron chi connectivity index (χ1n) is 7.62. The Morgan fingerprint density at radius 1 is 1.26 bits per heavy atom. The fourth-order valence-corrected chi connectivity index (χ4v) is 2.48. The number of carbonyl (C=O) groups is 1. The minimum Gasteiger partial charge on any atom is -0.494 e. The molecule has 0 saturated carbocycles. The van der Waals surface area contributed by atoms with Crippen molar-refractivity contribution >= 4 is 16.8 Å². The molecule has 23 heavy (non-hydrogen) atoms. The summed E-state index contributed by atoms with van der Waals surface area (Å²) in [5, 5.41) is 10.8. The smallest absolute Gasteiger partial charge is 0.272 e. The Balaban J connectivity index is 1.73. The predicted molar refractivity (Wildman–Crippen MR) is 89.6 cm³/mol. The molecule has 0 radical (unpaired) electrons. The average Bonchev–Trinajstić information content (AvgIpc) is 2.96. The molecule has 0 bridgehead atoms. The number of fused-ring (bicyclic) bond motifs is 1. The van der Waals surface area contributed by atoms with Gasteiger partial charge in [0, 0.05) is 11.9 Å². The summed E-state index contributed by atoms with van der Waals surface area (Å²) in [6.45, 7) is 4.99. The minimum absolute atomic E-state index is 0.191. The van der Waals surface area contributed by atoms with E-state index in [0.717, 1.165) is 27.8 Å². The van der Waals surface area contributed by atoms with Crippen LogP contribution in [0.1, 0.15) is 28.5 Å². The van der Waals surface area contributed by atoms with Gasteiger partial charge < -0.3 is 10.1 Å². The molecule has 0 aliphatic carbocycles. The van der Waals surface area contributed by atoms with E-state index < -0.39 is 0 Å². The number of hydrogen-bond acceptors (Lipinski definition) is 3. The molecule has 3 aromatic rings. The van der Waals surface area contributed by atoms with Crippen LogP contribution in [0.25, 0.3) is 10.9 Å². The van der Waals surface area contributed by atoms with Gasteiger partial charge in [-0.25, -0.2) is 0 Å². The molecule has 0 aliphatic heterocycles. The molecule has 0 atom stereocenters. The van der Waals surface area contributed by atoms with E-state index in [2.05, 4.69) is 15.5 Å². The maximum Gasteiger partial charge on any atom is 0.272 e. The van der Waals surface area contributed by atoms with Crippen molar-refractivity contribution in [2.45, 2.75) is 20.4 Å². The van der Waals surface area contributed by atoms with E-state index in [4.69, 9.17) is 4.74 Å². The lowest BCUT2D eigenvalue weighted by Crippen LogP contribution is -2.23. The van der Waals surface area contributed by atoms with E-state index in [1.807, 2.05) is 56.3 Å². The first-order chi connectivity index (χ1) is 11.2. The fraction of sp³-hybridized carbons (Fsp3) is 0.222. The number of nitrogens with zero attached hydrogens (tertiary/aromatic N) is 1. The Kier molecular flexibility index (Phi) is 4.28. The lowest BCUT2D eigenvalue weighted by molar-refractivity contribution is 0.0947. The zero-order valence-corrected chi connectivity index (χ0v) is 13.2. The van der Waals surface area contributed by atoms with Crippen LogP contribution in [0.4, 0.5) is 0 Å². The van der Waals surface area contributed by atoms with E-state index in [0.29, 0.717) is 18.8 Å². The maximum absolute atomic E-state index is 12.4. The van der Waals surface area contributed by atoms with Gasteiger partial charge in [-0.15, -0.1) is 0 Å². The molecule has 2 N–H and O–H groups in total. The molecule has 5 nitrogen and oxygen atoms in total. The van der Waals surface area contributed by atoms with Gasteiger partial charge in [0.2, 0.25) is 0 Å². The SMILES string of the molecule is CCOc1cccc(CNC(=O)c2n[nH]c3ccc(C)cc23)c1. The number of benzene rings is 2. The number of aromatic nitrogens is 2. The van der Waals surface area contributed by atoms with Crippen LogP contribution in [0.3, 0.4) is 0 Å². The maximum atomic E-state index is 12.4. The highest BCUT2D eigenvalue weighted by Gasteiger charge is 2.13. The van der Waals surface area contributed by atoms with Crippen molar-refractivity contribution in [2.75, 3.05) is 6.61 Å². The highest BCUT2D eigenvalue weighted by Crippen LogP contribution is 2.18. The largest absolute Gasteiger partial charge is 0.494 e. The number of rotatable bonds is 5. The third kappa shape index (κ3) is 3.34. The number of ether oxygens (including phenoxy) is 1. The molecule has 0 unspecified atom stereocenters. The first-order valence-corrected chi connectivity index (χ1v) is 7.62. The van der Waals surface area contributed by atoms with Crippen LogP contribution in [0, 0.1) is 6.92 Å². The van der Waals surface area contributed by atoms with Crippen LogP contribution < -0.4 is 10.1 Å². The Hall–Kier alpha value is -2.82. The van der Waals surface area contributed by atoms with Crippen molar-refractivity contribution in [3.63, 3.8) is 0 Å². The Bertz CT molecular complexity index is 839. The van der Waals surface area contributed by atoms with Gasteiger partial charge in [0.1, 0.15) is 5.75 Å². The molecular formula is C18H19N3O2. The molecule has 5 heteroatoms. The van der Waals surface area contributed by atoms with Crippen LogP contribution >= 0.6 is 0 Å². The molecule has 118 valence electrons. The van der Waals surface area contributed by atoms with E-state index >= 15 is 0 Å². The number of aromatic amines is 1. The zero-order chi connectivity index (χ0) is 16.2. The Morgan fingerprint density at radius 3 is 2.96 bits per heavy atom. The summed E-state index contributed by atoms with van der Waals surface area (Å²) in [4.78, 5) is 12.4. The van der Waals surface area contributed by atoms with E-state index in [9.17, 15) is 4.79 Å². The van der Waals surface area contributed by atoms with Gasteiger partial charge in [0.25, 0.3) is 5.91 Å². The summed E-state index contributed by atoms with van der Waals surface area (Å²) in [6, 6.07) is 13.6. The molecule has 1 aromatic heterocycles. The Labute approximate surface area is 134 Å². The summed E-state index contributed by atoms with van der Waals surface area (Å²) in [5.41, 5.74) is 3.36. The second-order valence-electron chi connectivity index (χ2n) is 5.38. The second-order valence-corrected chi connectivity index (χ2v) is 5.38. The molecule has 1 amide bonds. The van der Waals surface area contributed by atoms with Gasteiger partial charge in [0.15, 0.2) is 5.69 Å². The van der Waals surface area contributed by atoms with Gasteiger partial charge in [-0.05, 0) is 43.7 Å². The van der Waals surface area contributed by atoms with Crippen molar-refractivity contribution in [3.8, 4) is 5.75 Å². The number of hydrogen-bond donors (Lipinski definition) is 2. The lowest BCUT2D eigenvalue weighted by atomic mass is 10.1. The van der Waals surface area contributed by atoms with Crippen LogP contribution in [0.15, 0.2) is 42.5 Å². The average molecular weight is 309 g/mol. The monoisotopic (exact) mass is 309 g/mol. The minimum atomic E-state index is -0.191. The fourth-order valence-electron chi connectivity index (χ4n) is 2.48. The number of aryl methyl sites for hydroxylation is 1. The summed E-state index contributed by atoms with van der Waals surface area (Å²) in [7, 11) is 0. The Morgan fingerprint density at radius 2 is 2.13 bits per heavy atom. The van der Waals surface area contributed by atoms with E-state index in [-0.39, 0.29) is 5.91 Å².